The summed E-state index contributed by atoms with van der Waals surface area (Å²) in [5.74, 6) is 5.98. The van der Waals surface area contributed by atoms with Crippen LogP contribution in [0.1, 0.15) is 11.3 Å². The molecule has 0 aliphatic rings. The number of benzene rings is 3. The molecule has 15 heteroatoms. The van der Waals surface area contributed by atoms with Crippen molar-refractivity contribution >= 4 is 21.2 Å². The van der Waals surface area contributed by atoms with Gasteiger partial charge in [0.05, 0.1) is 22.0 Å². The summed E-state index contributed by atoms with van der Waals surface area (Å²) in [4.78, 5) is 0.0420. The second-order valence-corrected chi connectivity index (χ2v) is 11.1. The van der Waals surface area contributed by atoms with Gasteiger partial charge >= 0.3 is 12.5 Å². The number of ether oxygens (including phenoxy) is 1. The van der Waals surface area contributed by atoms with Crippen molar-refractivity contribution in [2.75, 3.05) is 11.3 Å². The van der Waals surface area contributed by atoms with Gasteiger partial charge in [0.1, 0.15) is 5.75 Å². The van der Waals surface area contributed by atoms with Gasteiger partial charge in [0.25, 0.3) is 0 Å². The Morgan fingerprint density at radius 1 is 0.952 bits per heavy atom. The summed E-state index contributed by atoms with van der Waals surface area (Å²) >= 11 is 0. The van der Waals surface area contributed by atoms with Gasteiger partial charge in [0.15, 0.2) is 15.5 Å². The summed E-state index contributed by atoms with van der Waals surface area (Å²) in [6.07, 6.45) is -7.51. The van der Waals surface area contributed by atoms with E-state index in [-0.39, 0.29) is 33.1 Å². The number of nitrogens with two attached hydrogens (primary N) is 2. The maximum Gasteiger partial charge on any atom is 0.573 e. The van der Waals surface area contributed by atoms with Crippen molar-refractivity contribution in [3.8, 4) is 28.1 Å². The fraction of sp³-hybridized carbons (Fsp3) is 0.148. The summed E-state index contributed by atoms with van der Waals surface area (Å²) < 4.78 is 107. The van der Waals surface area contributed by atoms with E-state index in [9.17, 15) is 34.8 Å². The molecule has 3 aromatic carbocycles. The first-order valence-electron chi connectivity index (χ1n) is 11.9. The standard InChI is InChI=1S/C27H23F6N5O3S/c1-37-22(14-25(36-37)26(28,29)30)21-11-8-18(17-4-3-5-20(12-17)42(2,39)40)13-23(21)38(35)24(15-34)16-6-9-19(10-7-16)41-27(31,32)33/h3-15H,34-35H2,1-2H3/b24-15-. The summed E-state index contributed by atoms with van der Waals surface area (Å²) in [6.45, 7) is 0. The highest BCUT2D eigenvalue weighted by molar-refractivity contribution is 7.90. The minimum absolute atomic E-state index is 0.0366. The molecule has 0 aliphatic carbocycles. The average Bonchev–Trinajstić information content (AvgIpc) is 3.30. The smallest absolute Gasteiger partial charge is 0.406 e. The highest BCUT2D eigenvalue weighted by Crippen LogP contribution is 2.39. The van der Waals surface area contributed by atoms with Crippen LogP contribution in [0.25, 0.3) is 28.1 Å². The van der Waals surface area contributed by atoms with Crippen LogP contribution < -0.4 is 21.3 Å². The lowest BCUT2D eigenvalue weighted by atomic mass is 9.99. The largest absolute Gasteiger partial charge is 0.573 e. The summed E-state index contributed by atoms with van der Waals surface area (Å²) in [5.41, 5.74) is 6.32. The second kappa shape index (κ2) is 11.1. The van der Waals surface area contributed by atoms with Gasteiger partial charge in [-0.15, -0.1) is 13.2 Å². The number of hydrogen-bond acceptors (Lipinski definition) is 7. The van der Waals surface area contributed by atoms with Crippen LogP contribution in [0.3, 0.4) is 0 Å². The highest BCUT2D eigenvalue weighted by atomic mass is 32.2. The predicted octanol–water partition coefficient (Wildman–Crippen LogP) is 5.71. The number of hydrazine groups is 1. The molecule has 0 amide bonds. The van der Waals surface area contributed by atoms with Crippen molar-refractivity contribution in [2.45, 2.75) is 17.4 Å². The lowest BCUT2D eigenvalue weighted by molar-refractivity contribution is -0.274. The number of sulfone groups is 1. The van der Waals surface area contributed by atoms with Crippen LogP contribution in [0.5, 0.6) is 5.75 Å². The molecular formula is C27H23F6N5O3S. The maximum absolute atomic E-state index is 13.4. The molecule has 222 valence electrons. The Balaban J connectivity index is 1.87. The van der Waals surface area contributed by atoms with Gasteiger partial charge < -0.3 is 10.5 Å². The van der Waals surface area contributed by atoms with Gasteiger partial charge in [-0.25, -0.2) is 14.3 Å². The number of nitrogens with zero attached hydrogens (tertiary/aromatic N) is 3. The molecule has 0 spiro atoms. The van der Waals surface area contributed by atoms with E-state index in [0.29, 0.717) is 11.1 Å². The van der Waals surface area contributed by atoms with Crippen molar-refractivity contribution in [3.05, 3.63) is 90.3 Å². The average molecular weight is 612 g/mol. The minimum atomic E-state index is -4.91. The zero-order valence-corrected chi connectivity index (χ0v) is 22.7. The molecule has 8 nitrogen and oxygen atoms in total. The molecule has 1 aromatic heterocycles. The van der Waals surface area contributed by atoms with Crippen molar-refractivity contribution in [2.24, 2.45) is 18.6 Å². The van der Waals surface area contributed by atoms with E-state index in [1.165, 1.54) is 49.5 Å². The van der Waals surface area contributed by atoms with E-state index in [2.05, 4.69) is 9.84 Å². The SMILES string of the molecule is Cn1nc(C(F)(F)F)cc1-c1ccc(-c2cccc(S(C)(=O)=O)c2)cc1N(N)/C(=C\N)c1ccc(OC(F)(F)F)cc1. The fourth-order valence-electron chi connectivity index (χ4n) is 4.16. The third kappa shape index (κ3) is 6.69. The number of aromatic nitrogens is 2. The van der Waals surface area contributed by atoms with Crippen LogP contribution in [0.15, 0.2) is 83.9 Å². The van der Waals surface area contributed by atoms with E-state index in [4.69, 9.17) is 11.6 Å². The molecular weight excluding hydrogens is 588 g/mol. The van der Waals surface area contributed by atoms with Crippen LogP contribution in [0.2, 0.25) is 0 Å². The molecule has 0 saturated carbocycles. The first-order valence-corrected chi connectivity index (χ1v) is 13.8. The summed E-state index contributed by atoms with van der Waals surface area (Å²) in [6, 6.07) is 16.1. The minimum Gasteiger partial charge on any atom is -0.406 e. The number of anilines is 1. The van der Waals surface area contributed by atoms with Crippen molar-refractivity contribution in [1.29, 1.82) is 0 Å². The fourth-order valence-corrected chi connectivity index (χ4v) is 4.83. The lowest BCUT2D eigenvalue weighted by Gasteiger charge is -2.25. The second-order valence-electron chi connectivity index (χ2n) is 9.06. The maximum atomic E-state index is 13.4. The Bertz CT molecular complexity index is 1750. The number of hydrogen-bond donors (Lipinski definition) is 2. The van der Waals surface area contributed by atoms with Gasteiger partial charge in [-0.05, 0) is 59.7 Å². The summed E-state index contributed by atoms with van der Waals surface area (Å²) in [5, 5.41) is 4.62. The molecule has 4 rings (SSSR count). The third-order valence-electron chi connectivity index (χ3n) is 6.10. The molecule has 1 heterocycles. The van der Waals surface area contributed by atoms with Crippen LogP contribution in [-0.4, -0.2) is 30.8 Å². The van der Waals surface area contributed by atoms with Gasteiger partial charge in [0.2, 0.25) is 0 Å². The van der Waals surface area contributed by atoms with Crippen molar-refractivity contribution in [3.63, 3.8) is 0 Å². The van der Waals surface area contributed by atoms with E-state index < -0.39 is 33.8 Å². The first kappa shape index (κ1) is 30.5. The Labute approximate surface area is 236 Å². The Kier molecular flexibility index (Phi) is 8.02. The number of aryl methyl sites for hydroxylation is 1. The van der Waals surface area contributed by atoms with E-state index >= 15 is 0 Å². The topological polar surface area (TPSA) is 116 Å². The van der Waals surface area contributed by atoms with E-state index in [0.717, 1.165) is 40.3 Å². The molecule has 0 radical (unpaired) electrons. The molecule has 0 saturated heterocycles. The zero-order valence-electron chi connectivity index (χ0n) is 21.9. The van der Waals surface area contributed by atoms with Gasteiger partial charge in [-0.3, -0.25) is 9.69 Å². The normalized spacial score (nSPS) is 12.8. The third-order valence-corrected chi connectivity index (χ3v) is 7.21. The Hall–Kier alpha value is -4.50. The van der Waals surface area contributed by atoms with Crippen molar-refractivity contribution < 1.29 is 39.5 Å². The first-order chi connectivity index (χ1) is 19.5. The van der Waals surface area contributed by atoms with Crippen LogP contribution >= 0.6 is 0 Å². The van der Waals surface area contributed by atoms with Crippen LogP contribution in [-0.2, 0) is 23.1 Å². The van der Waals surface area contributed by atoms with Gasteiger partial charge in [0, 0.05) is 30.6 Å². The molecule has 0 fully saturated rings. The zero-order chi connectivity index (χ0) is 31.0. The Morgan fingerprint density at radius 2 is 1.60 bits per heavy atom. The molecule has 4 N–H and O–H groups in total. The molecule has 0 unspecified atom stereocenters. The lowest BCUT2D eigenvalue weighted by Crippen LogP contribution is -2.30. The number of alkyl halides is 6. The van der Waals surface area contributed by atoms with E-state index in [1.807, 2.05) is 0 Å². The molecule has 4 aromatic rings. The molecule has 42 heavy (non-hydrogen) atoms. The van der Waals surface area contributed by atoms with Gasteiger partial charge in [-0.2, -0.15) is 18.3 Å². The van der Waals surface area contributed by atoms with Crippen LogP contribution in [0.4, 0.5) is 32.0 Å². The molecule has 0 bridgehead atoms. The van der Waals surface area contributed by atoms with Crippen LogP contribution in [0, 0.1) is 0 Å². The quantitative estimate of drug-likeness (QED) is 0.156. The van der Waals surface area contributed by atoms with Crippen molar-refractivity contribution in [1.82, 2.24) is 9.78 Å². The number of rotatable bonds is 7. The van der Waals surface area contributed by atoms with Gasteiger partial charge in [-0.1, -0.05) is 24.3 Å². The Morgan fingerprint density at radius 3 is 2.14 bits per heavy atom. The molecule has 0 aliphatic heterocycles. The van der Waals surface area contributed by atoms with E-state index in [1.54, 1.807) is 12.1 Å². The molecule has 0 atom stereocenters. The predicted molar refractivity (Wildman–Crippen MR) is 144 cm³/mol. The summed E-state index contributed by atoms with van der Waals surface area (Å²) in [7, 11) is -2.24. The highest BCUT2D eigenvalue weighted by Gasteiger charge is 2.35. The number of halogens is 6. The monoisotopic (exact) mass is 611 g/mol.